The molecule has 0 spiro atoms. The van der Waals surface area contributed by atoms with Gasteiger partial charge in [-0.3, -0.25) is 9.78 Å². The lowest BCUT2D eigenvalue weighted by Gasteiger charge is -2.19. The molecule has 0 radical (unpaired) electrons. The van der Waals surface area contributed by atoms with Crippen LogP contribution in [0, 0.1) is 5.92 Å². The number of rotatable bonds is 5. The van der Waals surface area contributed by atoms with Gasteiger partial charge in [0.1, 0.15) is 0 Å². The Morgan fingerprint density at radius 1 is 1.29 bits per heavy atom. The Kier molecular flexibility index (Phi) is 4.62. The van der Waals surface area contributed by atoms with Crippen LogP contribution in [-0.4, -0.2) is 30.1 Å². The molecule has 0 bridgehead atoms. The number of carbonyl (C=O) groups excluding carboxylic acids is 1. The average Bonchev–Trinajstić information content (AvgIpc) is 3.13. The first-order valence-electron chi connectivity index (χ1n) is 7.08. The van der Waals surface area contributed by atoms with Crippen LogP contribution in [0.25, 0.3) is 0 Å². The Bertz CT molecular complexity index is 571. The van der Waals surface area contributed by atoms with Gasteiger partial charge in [-0.2, -0.15) is 11.3 Å². The van der Waals surface area contributed by atoms with E-state index >= 15 is 0 Å². The molecule has 1 N–H and O–H groups in total. The number of hydrogen-bond acceptors (Lipinski definition) is 4. The van der Waals surface area contributed by atoms with Gasteiger partial charge < -0.3 is 10.1 Å². The zero-order chi connectivity index (χ0) is 14.5. The Labute approximate surface area is 128 Å². The van der Waals surface area contributed by atoms with E-state index in [4.69, 9.17) is 4.74 Å². The van der Waals surface area contributed by atoms with Crippen LogP contribution in [0.1, 0.15) is 11.1 Å². The fourth-order valence-corrected chi connectivity index (χ4v) is 3.29. The van der Waals surface area contributed by atoms with Crippen LogP contribution >= 0.6 is 11.3 Å². The molecule has 1 aliphatic heterocycles. The SMILES string of the molecule is O=C(Cc1ccsc1)N[C@@H]1COC[C@H]1Cc1ccncc1. The van der Waals surface area contributed by atoms with Crippen molar-refractivity contribution in [3.05, 3.63) is 52.5 Å². The van der Waals surface area contributed by atoms with Gasteiger partial charge in [-0.25, -0.2) is 0 Å². The summed E-state index contributed by atoms with van der Waals surface area (Å²) < 4.78 is 5.55. The normalized spacial score (nSPS) is 21.3. The zero-order valence-corrected chi connectivity index (χ0v) is 12.5. The van der Waals surface area contributed by atoms with E-state index < -0.39 is 0 Å². The van der Waals surface area contributed by atoms with Crippen LogP contribution in [-0.2, 0) is 22.4 Å². The molecule has 110 valence electrons. The molecule has 4 nitrogen and oxygen atoms in total. The molecule has 2 aromatic heterocycles. The van der Waals surface area contributed by atoms with Gasteiger partial charge in [0.15, 0.2) is 0 Å². The Morgan fingerprint density at radius 2 is 2.14 bits per heavy atom. The van der Waals surface area contributed by atoms with E-state index in [2.05, 4.69) is 10.3 Å². The molecule has 0 aliphatic carbocycles. The summed E-state index contributed by atoms with van der Waals surface area (Å²) in [6, 6.07) is 6.12. The maximum absolute atomic E-state index is 12.1. The van der Waals surface area contributed by atoms with Crippen LogP contribution in [0.3, 0.4) is 0 Å². The van der Waals surface area contributed by atoms with Crippen molar-refractivity contribution in [1.82, 2.24) is 10.3 Å². The van der Waals surface area contributed by atoms with E-state index in [1.54, 1.807) is 23.7 Å². The smallest absolute Gasteiger partial charge is 0.224 e. The standard InChI is InChI=1S/C16H18N2O2S/c19-16(8-13-3-6-21-11-13)18-15-10-20-9-14(15)7-12-1-4-17-5-2-12/h1-6,11,14-15H,7-10H2,(H,18,19)/t14-,15-/m1/s1. The Morgan fingerprint density at radius 3 is 2.90 bits per heavy atom. The zero-order valence-electron chi connectivity index (χ0n) is 11.7. The maximum Gasteiger partial charge on any atom is 0.224 e. The molecule has 2 atom stereocenters. The molecule has 0 aromatic carbocycles. The molecule has 5 heteroatoms. The molecular formula is C16H18N2O2S. The number of hydrogen-bond donors (Lipinski definition) is 1. The summed E-state index contributed by atoms with van der Waals surface area (Å²) in [5.41, 5.74) is 2.31. The van der Waals surface area contributed by atoms with Crippen molar-refractivity contribution in [3.63, 3.8) is 0 Å². The average molecular weight is 302 g/mol. The van der Waals surface area contributed by atoms with Gasteiger partial charge in [0.2, 0.25) is 5.91 Å². The van der Waals surface area contributed by atoms with Crippen molar-refractivity contribution in [1.29, 1.82) is 0 Å². The largest absolute Gasteiger partial charge is 0.379 e. The molecule has 2 aromatic rings. The van der Waals surface area contributed by atoms with Gasteiger partial charge in [-0.1, -0.05) is 0 Å². The van der Waals surface area contributed by atoms with Crippen LogP contribution in [0.4, 0.5) is 0 Å². The summed E-state index contributed by atoms with van der Waals surface area (Å²) in [7, 11) is 0. The first kappa shape index (κ1) is 14.2. The molecule has 0 saturated carbocycles. The third-order valence-corrected chi connectivity index (χ3v) is 4.47. The second-order valence-electron chi connectivity index (χ2n) is 5.34. The Hall–Kier alpha value is -1.72. The van der Waals surface area contributed by atoms with Crippen molar-refractivity contribution in [2.45, 2.75) is 18.9 Å². The molecule has 21 heavy (non-hydrogen) atoms. The van der Waals surface area contributed by atoms with Crippen molar-refractivity contribution in [2.24, 2.45) is 5.92 Å². The predicted molar refractivity (Wildman–Crippen MR) is 82.2 cm³/mol. The van der Waals surface area contributed by atoms with Gasteiger partial charge in [0.25, 0.3) is 0 Å². The fraction of sp³-hybridized carbons (Fsp3) is 0.375. The van der Waals surface area contributed by atoms with E-state index in [0.29, 0.717) is 25.6 Å². The number of nitrogens with one attached hydrogen (secondary N) is 1. The quantitative estimate of drug-likeness (QED) is 0.920. The summed E-state index contributed by atoms with van der Waals surface area (Å²) in [5.74, 6) is 0.405. The van der Waals surface area contributed by atoms with E-state index in [9.17, 15) is 4.79 Å². The summed E-state index contributed by atoms with van der Waals surface area (Å²) in [6.07, 6.45) is 4.96. The summed E-state index contributed by atoms with van der Waals surface area (Å²) in [4.78, 5) is 16.1. The third-order valence-electron chi connectivity index (χ3n) is 3.74. The first-order valence-corrected chi connectivity index (χ1v) is 8.02. The summed E-state index contributed by atoms with van der Waals surface area (Å²) >= 11 is 1.62. The fourth-order valence-electron chi connectivity index (χ4n) is 2.62. The third kappa shape index (κ3) is 3.89. The Balaban J connectivity index is 1.55. The van der Waals surface area contributed by atoms with E-state index in [0.717, 1.165) is 12.0 Å². The minimum absolute atomic E-state index is 0.0728. The van der Waals surface area contributed by atoms with Crippen LogP contribution in [0.2, 0.25) is 0 Å². The topological polar surface area (TPSA) is 51.2 Å². The molecule has 1 aliphatic rings. The number of thiophene rings is 1. The molecule has 3 heterocycles. The lowest BCUT2D eigenvalue weighted by Crippen LogP contribution is -2.41. The molecule has 1 saturated heterocycles. The number of ether oxygens (including phenoxy) is 1. The van der Waals surface area contributed by atoms with E-state index in [1.807, 2.05) is 29.0 Å². The van der Waals surface area contributed by atoms with Crippen molar-refractivity contribution < 1.29 is 9.53 Å². The molecule has 1 fully saturated rings. The van der Waals surface area contributed by atoms with E-state index in [-0.39, 0.29) is 11.9 Å². The van der Waals surface area contributed by atoms with Crippen LogP contribution < -0.4 is 5.32 Å². The monoisotopic (exact) mass is 302 g/mol. The highest BCUT2D eigenvalue weighted by Crippen LogP contribution is 2.19. The number of aromatic nitrogens is 1. The lowest BCUT2D eigenvalue weighted by atomic mass is 9.95. The van der Waals surface area contributed by atoms with Gasteiger partial charge in [-0.15, -0.1) is 0 Å². The second kappa shape index (κ2) is 6.83. The molecule has 1 amide bonds. The second-order valence-corrected chi connectivity index (χ2v) is 6.12. The van der Waals surface area contributed by atoms with Gasteiger partial charge in [0.05, 0.1) is 25.7 Å². The maximum atomic E-state index is 12.1. The number of nitrogens with zero attached hydrogens (tertiary/aromatic N) is 1. The number of pyridine rings is 1. The van der Waals surface area contributed by atoms with Crippen molar-refractivity contribution >= 4 is 17.2 Å². The first-order chi connectivity index (χ1) is 10.3. The number of amides is 1. The summed E-state index contributed by atoms with van der Waals surface area (Å²) in [5, 5.41) is 7.12. The van der Waals surface area contributed by atoms with Gasteiger partial charge >= 0.3 is 0 Å². The van der Waals surface area contributed by atoms with Crippen LogP contribution in [0.5, 0.6) is 0 Å². The highest BCUT2D eigenvalue weighted by Gasteiger charge is 2.29. The molecular weight excluding hydrogens is 284 g/mol. The minimum atomic E-state index is 0.0728. The van der Waals surface area contributed by atoms with Gasteiger partial charge in [-0.05, 0) is 46.5 Å². The van der Waals surface area contributed by atoms with E-state index in [1.165, 1.54) is 5.56 Å². The molecule has 0 unspecified atom stereocenters. The van der Waals surface area contributed by atoms with Crippen LogP contribution in [0.15, 0.2) is 41.4 Å². The predicted octanol–water partition coefficient (Wildman–Crippen LogP) is 2.06. The number of carbonyl (C=O) groups is 1. The van der Waals surface area contributed by atoms with Crippen molar-refractivity contribution in [2.75, 3.05) is 13.2 Å². The highest BCUT2D eigenvalue weighted by molar-refractivity contribution is 7.07. The van der Waals surface area contributed by atoms with Gasteiger partial charge in [0, 0.05) is 18.3 Å². The lowest BCUT2D eigenvalue weighted by molar-refractivity contribution is -0.121. The summed E-state index contributed by atoms with van der Waals surface area (Å²) in [6.45, 7) is 1.30. The minimum Gasteiger partial charge on any atom is -0.379 e. The molecule has 3 rings (SSSR count). The highest BCUT2D eigenvalue weighted by atomic mass is 32.1. The van der Waals surface area contributed by atoms with Crippen molar-refractivity contribution in [3.8, 4) is 0 Å².